The van der Waals surface area contributed by atoms with Gasteiger partial charge in [0.2, 0.25) is 15.2 Å². The Labute approximate surface area is 150 Å². The second-order valence-corrected chi connectivity index (χ2v) is 8.83. The molecule has 2 aromatic heterocycles. The molecule has 1 aliphatic rings. The Balaban J connectivity index is 1.74. The quantitative estimate of drug-likeness (QED) is 0.701. The zero-order valence-corrected chi connectivity index (χ0v) is 15.0. The third-order valence-corrected chi connectivity index (χ3v) is 6.41. The average molecular weight is 401 g/mol. The first-order valence-corrected chi connectivity index (χ1v) is 9.79. The molecule has 4 rings (SSSR count). The number of sulfonamides is 1. The molecule has 1 aliphatic heterocycles. The van der Waals surface area contributed by atoms with E-state index in [1.54, 1.807) is 13.0 Å². The van der Waals surface area contributed by atoms with Gasteiger partial charge in [-0.05, 0) is 25.1 Å². The van der Waals surface area contributed by atoms with Crippen LogP contribution in [0.4, 0.5) is 8.78 Å². The van der Waals surface area contributed by atoms with E-state index < -0.39 is 27.0 Å². The number of alkyl halides is 2. The normalized spacial score (nSPS) is 16.9. The highest BCUT2D eigenvalue weighted by Crippen LogP contribution is 2.28. The van der Waals surface area contributed by atoms with Crippen molar-refractivity contribution in [3.8, 4) is 5.13 Å². The first kappa shape index (κ1) is 17.4. The van der Waals surface area contributed by atoms with Crippen LogP contribution in [0.1, 0.15) is 18.4 Å². The van der Waals surface area contributed by atoms with Crippen LogP contribution in [0.25, 0.3) is 16.0 Å². The Bertz CT molecular complexity index is 1080. The lowest BCUT2D eigenvalue weighted by Gasteiger charge is -2.38. The average Bonchev–Trinajstić information content (AvgIpc) is 3.18. The molecule has 26 heavy (non-hydrogen) atoms. The number of nitrogens with zero attached hydrogens (tertiary/aromatic N) is 4. The Kier molecular flexibility index (Phi) is 4.02. The predicted octanol–water partition coefficient (Wildman–Crippen LogP) is 1.88. The van der Waals surface area contributed by atoms with Gasteiger partial charge in [-0.2, -0.15) is 5.10 Å². The van der Waals surface area contributed by atoms with Gasteiger partial charge in [0.05, 0.1) is 35.4 Å². The molecular formula is C14H13F2N5O3S2. The molecule has 1 aromatic carbocycles. The van der Waals surface area contributed by atoms with Gasteiger partial charge in [-0.15, -0.1) is 10.2 Å². The zero-order valence-electron chi connectivity index (χ0n) is 13.4. The highest BCUT2D eigenvalue weighted by atomic mass is 32.2. The third-order valence-electron chi connectivity index (χ3n) is 3.87. The molecule has 0 radical (unpaired) electrons. The molecule has 138 valence electrons. The smallest absolute Gasteiger partial charge is 0.291 e. The lowest BCUT2D eigenvalue weighted by molar-refractivity contribution is -0.0523. The molecule has 3 aromatic rings. The van der Waals surface area contributed by atoms with Crippen LogP contribution in [-0.4, -0.2) is 47.1 Å². The van der Waals surface area contributed by atoms with Crippen molar-refractivity contribution < 1.29 is 21.9 Å². The SMILES string of the molecule is CC1(NS(=O)(=O)c2ccc3cnn(-c4nnc(C(F)F)s4)c3c2)COC1. The lowest BCUT2D eigenvalue weighted by atomic mass is 10.0. The fraction of sp³-hybridized carbons (Fsp3) is 0.357. The van der Waals surface area contributed by atoms with Gasteiger partial charge in [-0.3, -0.25) is 0 Å². The predicted molar refractivity (Wildman–Crippen MR) is 89.0 cm³/mol. The van der Waals surface area contributed by atoms with E-state index in [9.17, 15) is 17.2 Å². The minimum atomic E-state index is -3.78. The Morgan fingerprint density at radius 3 is 2.73 bits per heavy atom. The molecule has 12 heteroatoms. The third kappa shape index (κ3) is 2.98. The van der Waals surface area contributed by atoms with Gasteiger partial charge in [0.15, 0.2) is 5.01 Å². The lowest BCUT2D eigenvalue weighted by Crippen LogP contribution is -2.59. The number of halogens is 2. The summed E-state index contributed by atoms with van der Waals surface area (Å²) in [7, 11) is -3.78. The first-order valence-electron chi connectivity index (χ1n) is 7.49. The number of rotatable bonds is 5. The largest absolute Gasteiger partial charge is 0.377 e. The molecule has 0 saturated carbocycles. The minimum Gasteiger partial charge on any atom is -0.377 e. The van der Waals surface area contributed by atoms with Crippen LogP contribution in [0.3, 0.4) is 0 Å². The van der Waals surface area contributed by atoms with E-state index in [0.717, 1.165) is 0 Å². The standard InChI is InChI=1S/C14H13F2N5O3S2/c1-14(6-24-7-14)20-26(22,23)9-3-2-8-5-17-21(10(8)4-9)13-19-18-12(25-13)11(15)16/h2-5,11,20H,6-7H2,1H3. The van der Waals surface area contributed by atoms with Crippen molar-refractivity contribution in [3.05, 3.63) is 29.4 Å². The molecular weight excluding hydrogens is 388 g/mol. The number of ether oxygens (including phenoxy) is 1. The summed E-state index contributed by atoms with van der Waals surface area (Å²) in [6.07, 6.45) is -1.22. The van der Waals surface area contributed by atoms with Crippen LogP contribution in [-0.2, 0) is 14.8 Å². The molecule has 8 nitrogen and oxygen atoms in total. The van der Waals surface area contributed by atoms with Crippen LogP contribution in [0.2, 0.25) is 0 Å². The maximum absolute atomic E-state index is 12.7. The van der Waals surface area contributed by atoms with Gasteiger partial charge in [0.1, 0.15) is 0 Å². The molecule has 0 unspecified atom stereocenters. The van der Waals surface area contributed by atoms with E-state index in [4.69, 9.17) is 4.74 Å². The van der Waals surface area contributed by atoms with Gasteiger partial charge in [0.25, 0.3) is 6.43 Å². The van der Waals surface area contributed by atoms with Crippen molar-refractivity contribution in [1.29, 1.82) is 0 Å². The first-order chi connectivity index (χ1) is 12.3. The van der Waals surface area contributed by atoms with Crippen molar-refractivity contribution in [3.63, 3.8) is 0 Å². The molecule has 0 bridgehead atoms. The molecule has 1 fully saturated rings. The molecule has 0 atom stereocenters. The molecule has 0 amide bonds. The fourth-order valence-electron chi connectivity index (χ4n) is 2.57. The molecule has 1 N–H and O–H groups in total. The van der Waals surface area contributed by atoms with Crippen molar-refractivity contribution in [2.75, 3.05) is 13.2 Å². The number of nitrogens with one attached hydrogen (secondary N) is 1. The second kappa shape index (κ2) is 6.01. The van der Waals surface area contributed by atoms with Gasteiger partial charge < -0.3 is 4.74 Å². The minimum absolute atomic E-state index is 0.0403. The van der Waals surface area contributed by atoms with Crippen LogP contribution in [0.5, 0.6) is 0 Å². The van der Waals surface area contributed by atoms with Gasteiger partial charge in [-0.25, -0.2) is 26.6 Å². The summed E-state index contributed by atoms with van der Waals surface area (Å²) in [5, 5.41) is 11.6. The summed E-state index contributed by atoms with van der Waals surface area (Å²) in [5.74, 6) is 0. The number of hydrogen-bond acceptors (Lipinski definition) is 7. The van der Waals surface area contributed by atoms with Crippen molar-refractivity contribution in [1.82, 2.24) is 24.7 Å². The van der Waals surface area contributed by atoms with Gasteiger partial charge >= 0.3 is 0 Å². The number of fused-ring (bicyclic) bond motifs is 1. The van der Waals surface area contributed by atoms with E-state index in [1.165, 1.54) is 23.0 Å². The summed E-state index contributed by atoms with van der Waals surface area (Å²) < 4.78 is 59.7. The van der Waals surface area contributed by atoms with Crippen molar-refractivity contribution in [2.24, 2.45) is 0 Å². The van der Waals surface area contributed by atoms with E-state index in [1.807, 2.05) is 0 Å². The van der Waals surface area contributed by atoms with Crippen LogP contribution < -0.4 is 4.72 Å². The molecule has 0 aliphatic carbocycles. The maximum atomic E-state index is 12.7. The van der Waals surface area contributed by atoms with E-state index in [-0.39, 0.29) is 10.0 Å². The maximum Gasteiger partial charge on any atom is 0.291 e. The number of benzene rings is 1. The van der Waals surface area contributed by atoms with E-state index >= 15 is 0 Å². The topological polar surface area (TPSA) is 99.0 Å². The van der Waals surface area contributed by atoms with Crippen LogP contribution >= 0.6 is 11.3 Å². The highest BCUT2D eigenvalue weighted by molar-refractivity contribution is 7.89. The zero-order chi connectivity index (χ0) is 18.5. The summed E-state index contributed by atoms with van der Waals surface area (Å²) in [5.41, 5.74) is -0.209. The molecule has 0 spiro atoms. The summed E-state index contributed by atoms with van der Waals surface area (Å²) in [4.78, 5) is 0.0403. The Morgan fingerprint density at radius 1 is 1.35 bits per heavy atom. The second-order valence-electron chi connectivity index (χ2n) is 6.16. The van der Waals surface area contributed by atoms with Crippen LogP contribution in [0.15, 0.2) is 29.3 Å². The molecule has 1 saturated heterocycles. The number of hydrogen-bond donors (Lipinski definition) is 1. The summed E-state index contributed by atoms with van der Waals surface area (Å²) in [6.45, 7) is 2.35. The Morgan fingerprint density at radius 2 is 2.12 bits per heavy atom. The Hall–Kier alpha value is -2.02. The van der Waals surface area contributed by atoms with Gasteiger partial charge in [0, 0.05) is 5.39 Å². The molecule has 3 heterocycles. The van der Waals surface area contributed by atoms with E-state index in [2.05, 4.69) is 20.0 Å². The van der Waals surface area contributed by atoms with Crippen molar-refractivity contribution >= 4 is 32.3 Å². The summed E-state index contributed by atoms with van der Waals surface area (Å²) in [6, 6.07) is 4.49. The fourth-order valence-corrected chi connectivity index (χ4v) is 4.64. The van der Waals surface area contributed by atoms with Crippen LogP contribution in [0, 0.1) is 0 Å². The van der Waals surface area contributed by atoms with Crippen molar-refractivity contribution in [2.45, 2.75) is 23.8 Å². The van der Waals surface area contributed by atoms with Gasteiger partial charge in [-0.1, -0.05) is 11.3 Å². The highest BCUT2D eigenvalue weighted by Gasteiger charge is 2.37. The van der Waals surface area contributed by atoms with E-state index in [0.29, 0.717) is 35.5 Å². The monoisotopic (exact) mass is 401 g/mol. The summed E-state index contributed by atoms with van der Waals surface area (Å²) >= 11 is 0.696. The number of aromatic nitrogens is 4.